The molecule has 0 atom stereocenters. The number of aromatic nitrogens is 2. The van der Waals surface area contributed by atoms with Gasteiger partial charge in [-0.05, 0) is 36.4 Å². The quantitative estimate of drug-likeness (QED) is 0.874. The molecule has 6 heteroatoms. The molecule has 0 amide bonds. The van der Waals surface area contributed by atoms with E-state index in [2.05, 4.69) is 51.2 Å². The van der Waals surface area contributed by atoms with Crippen molar-refractivity contribution < 1.29 is 0 Å². The van der Waals surface area contributed by atoms with Crippen LogP contribution < -0.4 is 5.32 Å². The smallest absolute Gasteiger partial charge is 0.205 e. The Labute approximate surface area is 109 Å². The second-order valence-corrected chi connectivity index (χ2v) is 5.68. The minimum atomic E-state index is 0.846. The molecule has 2 heterocycles. The Morgan fingerprint density at radius 2 is 2.24 bits per heavy atom. The van der Waals surface area contributed by atoms with Gasteiger partial charge in [-0.15, -0.1) is 10.2 Å². The van der Waals surface area contributed by atoms with E-state index in [0.29, 0.717) is 0 Å². The molecule has 2 aromatic heterocycles. The maximum atomic E-state index is 4.17. The lowest BCUT2D eigenvalue weighted by atomic mass is 10.3. The van der Waals surface area contributed by atoms with Gasteiger partial charge in [0.15, 0.2) is 0 Å². The van der Waals surface area contributed by atoms with E-state index in [1.165, 1.54) is 5.56 Å². The third-order valence-electron chi connectivity index (χ3n) is 2.23. The van der Waals surface area contributed by atoms with Gasteiger partial charge in [-0.1, -0.05) is 11.3 Å². The van der Waals surface area contributed by atoms with Crippen molar-refractivity contribution in [3.05, 3.63) is 27.4 Å². The van der Waals surface area contributed by atoms with Gasteiger partial charge in [0, 0.05) is 13.1 Å². The summed E-state index contributed by atoms with van der Waals surface area (Å²) in [5.74, 6) is 0. The fourth-order valence-electron chi connectivity index (χ4n) is 1.52. The number of hydrogen-bond donors (Lipinski definition) is 1. The highest BCUT2D eigenvalue weighted by molar-refractivity contribution is 7.15. The van der Waals surface area contributed by atoms with Gasteiger partial charge in [-0.25, -0.2) is 0 Å². The fraction of sp³-hybridized carbons (Fsp3) is 0.455. The zero-order chi connectivity index (χ0) is 12.1. The first-order valence-corrected chi connectivity index (χ1v) is 7.29. The molecule has 0 aromatic carbocycles. The summed E-state index contributed by atoms with van der Waals surface area (Å²) in [4.78, 5) is 2.25. The molecule has 0 bridgehead atoms. The van der Waals surface area contributed by atoms with Gasteiger partial charge in [-0.2, -0.15) is 11.3 Å². The molecule has 2 rings (SSSR count). The Bertz CT molecular complexity index is 438. The normalized spacial score (nSPS) is 11.0. The minimum Gasteiger partial charge on any atom is -0.360 e. The summed E-state index contributed by atoms with van der Waals surface area (Å²) in [5, 5.41) is 17.7. The van der Waals surface area contributed by atoms with Gasteiger partial charge in [0.1, 0.15) is 5.01 Å². The Morgan fingerprint density at radius 1 is 1.35 bits per heavy atom. The third kappa shape index (κ3) is 3.76. The molecule has 92 valence electrons. The van der Waals surface area contributed by atoms with Crippen LogP contribution in [0.3, 0.4) is 0 Å². The highest BCUT2D eigenvalue weighted by Crippen LogP contribution is 2.17. The standard InChI is InChI=1S/C11H16N4S2/c1-3-12-11-14-13-10(17-11)7-15(2)6-9-4-5-16-8-9/h4-5,8H,3,6-7H2,1-2H3,(H,12,14). The van der Waals surface area contributed by atoms with Gasteiger partial charge in [0.2, 0.25) is 5.13 Å². The van der Waals surface area contributed by atoms with Crippen molar-refractivity contribution in [2.75, 3.05) is 18.9 Å². The van der Waals surface area contributed by atoms with E-state index in [1.54, 1.807) is 22.7 Å². The molecule has 1 N–H and O–H groups in total. The monoisotopic (exact) mass is 268 g/mol. The highest BCUT2D eigenvalue weighted by atomic mass is 32.1. The lowest BCUT2D eigenvalue weighted by molar-refractivity contribution is 0.318. The molecule has 17 heavy (non-hydrogen) atoms. The zero-order valence-electron chi connectivity index (χ0n) is 10.0. The van der Waals surface area contributed by atoms with Crippen molar-refractivity contribution in [2.45, 2.75) is 20.0 Å². The molecule has 0 saturated carbocycles. The van der Waals surface area contributed by atoms with Gasteiger partial charge in [0.05, 0.1) is 6.54 Å². The first-order chi connectivity index (χ1) is 8.28. The number of thiophene rings is 1. The van der Waals surface area contributed by atoms with Crippen molar-refractivity contribution in [1.29, 1.82) is 0 Å². The van der Waals surface area contributed by atoms with Gasteiger partial charge < -0.3 is 5.32 Å². The van der Waals surface area contributed by atoms with Crippen LogP contribution in [0.15, 0.2) is 16.8 Å². The number of nitrogens with one attached hydrogen (secondary N) is 1. The lowest BCUT2D eigenvalue weighted by Gasteiger charge is -2.13. The van der Waals surface area contributed by atoms with E-state index < -0.39 is 0 Å². The highest BCUT2D eigenvalue weighted by Gasteiger charge is 2.07. The summed E-state index contributed by atoms with van der Waals surface area (Å²) in [6.45, 7) is 4.75. The molecular weight excluding hydrogens is 252 g/mol. The number of nitrogens with zero attached hydrogens (tertiary/aromatic N) is 3. The summed E-state index contributed by atoms with van der Waals surface area (Å²) < 4.78 is 0. The van der Waals surface area contributed by atoms with Crippen LogP contribution in [-0.4, -0.2) is 28.7 Å². The van der Waals surface area contributed by atoms with Crippen molar-refractivity contribution in [3.63, 3.8) is 0 Å². The first-order valence-electron chi connectivity index (χ1n) is 5.53. The molecule has 2 aromatic rings. The summed E-state index contributed by atoms with van der Waals surface area (Å²) >= 11 is 3.36. The molecule has 0 aliphatic heterocycles. The Hall–Kier alpha value is -0.980. The molecular formula is C11H16N4S2. The van der Waals surface area contributed by atoms with Crippen LogP contribution in [0.4, 0.5) is 5.13 Å². The van der Waals surface area contributed by atoms with Crippen LogP contribution in [0.5, 0.6) is 0 Å². The second-order valence-electron chi connectivity index (χ2n) is 3.84. The van der Waals surface area contributed by atoms with Crippen molar-refractivity contribution in [3.8, 4) is 0 Å². The summed E-state index contributed by atoms with van der Waals surface area (Å²) in [6.07, 6.45) is 0. The topological polar surface area (TPSA) is 41.1 Å². The molecule has 0 aliphatic rings. The number of hydrogen-bond acceptors (Lipinski definition) is 6. The van der Waals surface area contributed by atoms with Gasteiger partial charge in [0.25, 0.3) is 0 Å². The van der Waals surface area contributed by atoms with Crippen LogP contribution in [0.25, 0.3) is 0 Å². The molecule has 0 fully saturated rings. The van der Waals surface area contributed by atoms with Crippen molar-refractivity contribution >= 4 is 27.8 Å². The van der Waals surface area contributed by atoms with E-state index in [4.69, 9.17) is 0 Å². The molecule has 4 nitrogen and oxygen atoms in total. The fourth-order valence-corrected chi connectivity index (χ4v) is 3.07. The summed E-state index contributed by atoms with van der Waals surface area (Å²) in [6, 6.07) is 2.16. The minimum absolute atomic E-state index is 0.846. The zero-order valence-corrected chi connectivity index (χ0v) is 11.6. The number of anilines is 1. The van der Waals surface area contributed by atoms with E-state index >= 15 is 0 Å². The molecule has 0 radical (unpaired) electrons. The Kier molecular flexibility index (Phi) is 4.47. The Morgan fingerprint density at radius 3 is 2.94 bits per heavy atom. The lowest BCUT2D eigenvalue weighted by Crippen LogP contribution is -2.16. The van der Waals surface area contributed by atoms with Crippen LogP contribution in [0.1, 0.15) is 17.5 Å². The molecule has 0 aliphatic carbocycles. The van der Waals surface area contributed by atoms with E-state index in [1.807, 2.05) is 0 Å². The van der Waals surface area contributed by atoms with Crippen LogP contribution >= 0.6 is 22.7 Å². The average Bonchev–Trinajstić information content (AvgIpc) is 2.91. The van der Waals surface area contributed by atoms with Crippen LogP contribution in [-0.2, 0) is 13.1 Å². The number of rotatable bonds is 6. The molecule has 0 unspecified atom stereocenters. The SMILES string of the molecule is CCNc1nnc(CN(C)Cc2ccsc2)s1. The van der Waals surface area contributed by atoms with Gasteiger partial charge in [-0.3, -0.25) is 4.90 Å². The van der Waals surface area contributed by atoms with Crippen LogP contribution in [0.2, 0.25) is 0 Å². The van der Waals surface area contributed by atoms with E-state index in [-0.39, 0.29) is 0 Å². The predicted octanol–water partition coefficient (Wildman–Crippen LogP) is 2.66. The maximum Gasteiger partial charge on any atom is 0.205 e. The largest absolute Gasteiger partial charge is 0.360 e. The summed E-state index contributed by atoms with van der Waals surface area (Å²) in [7, 11) is 2.10. The van der Waals surface area contributed by atoms with Crippen molar-refractivity contribution in [2.24, 2.45) is 0 Å². The maximum absolute atomic E-state index is 4.17. The van der Waals surface area contributed by atoms with Crippen LogP contribution in [0, 0.1) is 0 Å². The first kappa shape index (κ1) is 12.5. The average molecular weight is 268 g/mol. The second kappa shape index (κ2) is 6.09. The van der Waals surface area contributed by atoms with E-state index in [9.17, 15) is 0 Å². The predicted molar refractivity (Wildman–Crippen MR) is 73.6 cm³/mol. The Balaban J connectivity index is 1.86. The van der Waals surface area contributed by atoms with Gasteiger partial charge >= 0.3 is 0 Å². The van der Waals surface area contributed by atoms with E-state index in [0.717, 1.165) is 29.8 Å². The summed E-state index contributed by atoms with van der Waals surface area (Å²) in [5.41, 5.74) is 1.36. The molecule has 0 saturated heterocycles. The molecule has 0 spiro atoms. The third-order valence-corrected chi connectivity index (χ3v) is 3.83. The van der Waals surface area contributed by atoms with Crippen molar-refractivity contribution in [1.82, 2.24) is 15.1 Å².